The van der Waals surface area contributed by atoms with Gasteiger partial charge in [0.2, 0.25) is 0 Å². The minimum absolute atomic E-state index is 0.518. The minimum atomic E-state index is 0.518. The lowest BCUT2D eigenvalue weighted by atomic mass is 10.3. The monoisotopic (exact) mass is 237 g/mol. The van der Waals surface area contributed by atoms with E-state index >= 15 is 0 Å². The van der Waals surface area contributed by atoms with E-state index < -0.39 is 0 Å². The van der Waals surface area contributed by atoms with Crippen LogP contribution in [0, 0.1) is 11.3 Å². The molecular formula is C11H19N5O. The highest BCUT2D eigenvalue weighted by Gasteiger charge is 2.10. The Kier molecular flexibility index (Phi) is 6.22. The summed E-state index contributed by atoms with van der Waals surface area (Å²) in [5.41, 5.74) is 0. The fraction of sp³-hybridized carbons (Fsp3) is 0.727. The lowest BCUT2D eigenvalue weighted by molar-refractivity contribution is 0.143. The van der Waals surface area contributed by atoms with Gasteiger partial charge in [-0.2, -0.15) is 10.4 Å². The van der Waals surface area contributed by atoms with Gasteiger partial charge < -0.3 is 4.74 Å². The Hall–Kier alpha value is -1.45. The highest BCUT2D eigenvalue weighted by molar-refractivity contribution is 4.85. The molecule has 0 aromatic carbocycles. The van der Waals surface area contributed by atoms with Crippen LogP contribution in [0.3, 0.4) is 0 Å². The summed E-state index contributed by atoms with van der Waals surface area (Å²) >= 11 is 0. The predicted molar refractivity (Wildman–Crippen MR) is 63.1 cm³/mol. The lowest BCUT2D eigenvalue weighted by Gasteiger charge is -2.20. The SMILES string of the molecule is CCn1ncnc1CN(CCC#N)CCOC. The van der Waals surface area contributed by atoms with Crippen molar-refractivity contribution in [1.82, 2.24) is 19.7 Å². The maximum absolute atomic E-state index is 8.63. The molecule has 1 rings (SSSR count). The number of methoxy groups -OCH3 is 1. The summed E-state index contributed by atoms with van der Waals surface area (Å²) in [5.74, 6) is 0.932. The van der Waals surface area contributed by atoms with Crippen molar-refractivity contribution in [3.63, 3.8) is 0 Å². The van der Waals surface area contributed by atoms with Crippen LogP contribution >= 0.6 is 0 Å². The van der Waals surface area contributed by atoms with Crippen LogP contribution in [0.25, 0.3) is 0 Å². The predicted octanol–water partition coefficient (Wildman–Crippen LogP) is 0.660. The molecule has 0 atom stereocenters. The second-order valence-corrected chi connectivity index (χ2v) is 3.67. The first-order valence-electron chi connectivity index (χ1n) is 5.76. The van der Waals surface area contributed by atoms with Crippen LogP contribution < -0.4 is 0 Å². The molecule has 0 bridgehead atoms. The van der Waals surface area contributed by atoms with Crippen LogP contribution in [0.5, 0.6) is 0 Å². The molecule has 6 nitrogen and oxygen atoms in total. The first-order chi connectivity index (χ1) is 8.31. The maximum Gasteiger partial charge on any atom is 0.140 e. The smallest absolute Gasteiger partial charge is 0.140 e. The van der Waals surface area contributed by atoms with Crippen molar-refractivity contribution >= 4 is 0 Å². The van der Waals surface area contributed by atoms with Gasteiger partial charge in [-0.25, -0.2) is 9.67 Å². The van der Waals surface area contributed by atoms with E-state index in [9.17, 15) is 0 Å². The molecule has 0 aliphatic rings. The molecule has 0 fully saturated rings. The highest BCUT2D eigenvalue weighted by atomic mass is 16.5. The first kappa shape index (κ1) is 13.6. The molecule has 0 aliphatic heterocycles. The molecular weight excluding hydrogens is 218 g/mol. The molecule has 0 N–H and O–H groups in total. The number of nitriles is 1. The first-order valence-corrected chi connectivity index (χ1v) is 5.76. The Morgan fingerprint density at radius 3 is 3.00 bits per heavy atom. The molecule has 1 aromatic heterocycles. The normalized spacial score (nSPS) is 10.7. The Morgan fingerprint density at radius 2 is 2.35 bits per heavy atom. The van der Waals surface area contributed by atoms with E-state index in [2.05, 4.69) is 21.1 Å². The maximum atomic E-state index is 8.63. The van der Waals surface area contributed by atoms with Gasteiger partial charge in [0.15, 0.2) is 0 Å². The zero-order chi connectivity index (χ0) is 12.5. The molecule has 0 spiro atoms. The fourth-order valence-electron chi connectivity index (χ4n) is 1.57. The van der Waals surface area contributed by atoms with Crippen LogP contribution in [0.2, 0.25) is 0 Å². The second-order valence-electron chi connectivity index (χ2n) is 3.67. The lowest BCUT2D eigenvalue weighted by Crippen LogP contribution is -2.29. The van der Waals surface area contributed by atoms with E-state index in [0.29, 0.717) is 19.6 Å². The number of ether oxygens (including phenoxy) is 1. The van der Waals surface area contributed by atoms with Crippen LogP contribution in [0.15, 0.2) is 6.33 Å². The summed E-state index contributed by atoms with van der Waals surface area (Å²) in [5, 5.41) is 12.8. The Morgan fingerprint density at radius 1 is 1.53 bits per heavy atom. The Balaban J connectivity index is 2.55. The number of hydrogen-bond donors (Lipinski definition) is 0. The van der Waals surface area contributed by atoms with Crippen LogP contribution in [-0.4, -0.2) is 46.5 Å². The van der Waals surface area contributed by atoms with Gasteiger partial charge in [0.1, 0.15) is 12.2 Å². The van der Waals surface area contributed by atoms with Crippen LogP contribution in [0.4, 0.5) is 0 Å². The summed E-state index contributed by atoms with van der Waals surface area (Å²) in [6.07, 6.45) is 2.08. The van der Waals surface area contributed by atoms with Gasteiger partial charge in [0.25, 0.3) is 0 Å². The number of nitrogens with zero attached hydrogens (tertiary/aromatic N) is 5. The van der Waals surface area contributed by atoms with Crippen molar-refractivity contribution < 1.29 is 4.74 Å². The van der Waals surface area contributed by atoms with Crippen LogP contribution in [0.1, 0.15) is 19.2 Å². The van der Waals surface area contributed by atoms with E-state index in [0.717, 1.165) is 25.5 Å². The molecule has 0 saturated carbocycles. The largest absolute Gasteiger partial charge is 0.383 e. The average molecular weight is 237 g/mol. The molecule has 0 amide bonds. The van der Waals surface area contributed by atoms with E-state index in [1.165, 1.54) is 0 Å². The standard InChI is InChI=1S/C11H19N5O/c1-3-16-11(13-10-14-16)9-15(6-4-5-12)7-8-17-2/h10H,3-4,6-9H2,1-2H3. The van der Waals surface area contributed by atoms with E-state index in [4.69, 9.17) is 10.00 Å². The van der Waals surface area contributed by atoms with Gasteiger partial charge in [-0.05, 0) is 6.92 Å². The van der Waals surface area contributed by atoms with Crippen LogP contribution in [-0.2, 0) is 17.8 Å². The summed E-state index contributed by atoms with van der Waals surface area (Å²) < 4.78 is 6.93. The Bertz CT molecular complexity index is 357. The van der Waals surface area contributed by atoms with Gasteiger partial charge in [0.05, 0.1) is 19.2 Å². The quantitative estimate of drug-likeness (QED) is 0.664. The summed E-state index contributed by atoms with van der Waals surface area (Å²) in [7, 11) is 1.68. The fourth-order valence-corrected chi connectivity index (χ4v) is 1.57. The van der Waals surface area contributed by atoms with E-state index in [1.54, 1.807) is 13.4 Å². The third kappa shape index (κ3) is 4.51. The molecule has 17 heavy (non-hydrogen) atoms. The molecule has 0 radical (unpaired) electrons. The van der Waals surface area contributed by atoms with Gasteiger partial charge >= 0.3 is 0 Å². The van der Waals surface area contributed by atoms with Crippen molar-refractivity contribution in [2.24, 2.45) is 0 Å². The Labute approximate surface area is 102 Å². The minimum Gasteiger partial charge on any atom is -0.383 e. The molecule has 1 heterocycles. The third-order valence-corrected chi connectivity index (χ3v) is 2.51. The highest BCUT2D eigenvalue weighted by Crippen LogP contribution is 2.02. The molecule has 1 aromatic rings. The van der Waals surface area contributed by atoms with E-state index in [-0.39, 0.29) is 0 Å². The average Bonchev–Trinajstić information content (AvgIpc) is 2.79. The molecule has 0 unspecified atom stereocenters. The summed E-state index contributed by atoms with van der Waals surface area (Å²) in [6, 6.07) is 2.16. The van der Waals surface area contributed by atoms with Gasteiger partial charge in [-0.3, -0.25) is 4.90 Å². The van der Waals surface area contributed by atoms with Crippen molar-refractivity contribution in [2.75, 3.05) is 26.8 Å². The zero-order valence-electron chi connectivity index (χ0n) is 10.5. The van der Waals surface area contributed by atoms with Crippen molar-refractivity contribution in [1.29, 1.82) is 5.26 Å². The van der Waals surface area contributed by atoms with Gasteiger partial charge in [-0.1, -0.05) is 0 Å². The molecule has 0 aliphatic carbocycles. The number of hydrogen-bond acceptors (Lipinski definition) is 5. The third-order valence-electron chi connectivity index (χ3n) is 2.51. The zero-order valence-corrected chi connectivity index (χ0v) is 10.5. The summed E-state index contributed by atoms with van der Waals surface area (Å²) in [4.78, 5) is 6.39. The van der Waals surface area contributed by atoms with Crippen molar-refractivity contribution in [3.8, 4) is 6.07 Å². The molecule has 6 heteroatoms. The summed E-state index contributed by atoms with van der Waals surface area (Å²) in [6.45, 7) is 5.74. The van der Waals surface area contributed by atoms with Gasteiger partial charge in [0, 0.05) is 33.2 Å². The number of aromatic nitrogens is 3. The number of rotatable bonds is 8. The van der Waals surface area contributed by atoms with Crippen molar-refractivity contribution in [2.45, 2.75) is 26.4 Å². The molecule has 94 valence electrons. The molecule has 0 saturated heterocycles. The van der Waals surface area contributed by atoms with E-state index in [1.807, 2.05) is 11.6 Å². The second kappa shape index (κ2) is 7.76. The van der Waals surface area contributed by atoms with Gasteiger partial charge in [-0.15, -0.1) is 0 Å². The van der Waals surface area contributed by atoms with Crippen molar-refractivity contribution in [3.05, 3.63) is 12.2 Å². The topological polar surface area (TPSA) is 67.0 Å². The number of aryl methyl sites for hydroxylation is 1.